The molecule has 0 spiro atoms. The lowest BCUT2D eigenvalue weighted by molar-refractivity contribution is -0.384. The molecule has 0 fully saturated rings. The first-order valence-electron chi connectivity index (χ1n) is 8.11. The molecule has 0 aliphatic rings. The Bertz CT molecular complexity index is 941. The molecule has 3 aromatic rings. The zero-order valence-corrected chi connectivity index (χ0v) is 14.2. The summed E-state index contributed by atoms with van der Waals surface area (Å²) in [7, 11) is 0. The second-order valence-electron chi connectivity index (χ2n) is 5.63. The standard InChI is InChI=1S/C20H16FN3O3/c21-17-7-5-15(6-8-17)14-27-20-4-2-1-3-16(20)13-22-23-18-9-11-19(12-10-18)24(25)26/h1-13,23H,14H2/b22-13-. The first kappa shape index (κ1) is 18.1. The summed E-state index contributed by atoms with van der Waals surface area (Å²) in [5.41, 5.74) is 5.07. The number of halogens is 1. The van der Waals surface area contributed by atoms with E-state index in [0.717, 1.165) is 11.1 Å². The Morgan fingerprint density at radius 2 is 1.74 bits per heavy atom. The van der Waals surface area contributed by atoms with Crippen LogP contribution in [0.5, 0.6) is 5.75 Å². The highest BCUT2D eigenvalue weighted by molar-refractivity contribution is 5.84. The van der Waals surface area contributed by atoms with E-state index in [0.29, 0.717) is 18.0 Å². The minimum absolute atomic E-state index is 0.0177. The molecular weight excluding hydrogens is 349 g/mol. The number of benzene rings is 3. The summed E-state index contributed by atoms with van der Waals surface area (Å²) < 4.78 is 18.7. The van der Waals surface area contributed by atoms with Crippen molar-refractivity contribution in [3.8, 4) is 5.75 Å². The van der Waals surface area contributed by atoms with Gasteiger partial charge in [0.2, 0.25) is 0 Å². The lowest BCUT2D eigenvalue weighted by Gasteiger charge is -2.09. The molecule has 3 rings (SSSR count). The lowest BCUT2D eigenvalue weighted by Crippen LogP contribution is -1.99. The maximum absolute atomic E-state index is 13.0. The summed E-state index contributed by atoms with van der Waals surface area (Å²) in [4.78, 5) is 10.2. The van der Waals surface area contributed by atoms with Gasteiger partial charge >= 0.3 is 0 Å². The van der Waals surface area contributed by atoms with Crippen LogP contribution in [0.1, 0.15) is 11.1 Å². The fourth-order valence-corrected chi connectivity index (χ4v) is 2.29. The van der Waals surface area contributed by atoms with Crippen LogP contribution in [0, 0.1) is 15.9 Å². The van der Waals surface area contributed by atoms with Crippen LogP contribution in [0.3, 0.4) is 0 Å². The fraction of sp³-hybridized carbons (Fsp3) is 0.0500. The minimum atomic E-state index is -0.457. The number of non-ortho nitro benzene ring substituents is 1. The Balaban J connectivity index is 1.63. The third-order valence-electron chi connectivity index (χ3n) is 3.70. The van der Waals surface area contributed by atoms with E-state index in [-0.39, 0.29) is 11.5 Å². The van der Waals surface area contributed by atoms with Crippen molar-refractivity contribution in [3.05, 3.63) is 99.9 Å². The van der Waals surface area contributed by atoms with E-state index in [9.17, 15) is 14.5 Å². The molecule has 0 aromatic heterocycles. The van der Waals surface area contributed by atoms with Gasteiger partial charge in [-0.1, -0.05) is 24.3 Å². The molecule has 0 heterocycles. The van der Waals surface area contributed by atoms with Gasteiger partial charge in [0.05, 0.1) is 16.8 Å². The molecule has 0 aliphatic heterocycles. The summed E-state index contributed by atoms with van der Waals surface area (Å²) in [6.45, 7) is 0.306. The van der Waals surface area contributed by atoms with E-state index in [2.05, 4.69) is 10.5 Å². The van der Waals surface area contributed by atoms with Crippen LogP contribution >= 0.6 is 0 Å². The summed E-state index contributed by atoms with van der Waals surface area (Å²) in [5.74, 6) is 0.347. The highest BCUT2D eigenvalue weighted by Crippen LogP contribution is 2.19. The Morgan fingerprint density at radius 1 is 1.04 bits per heavy atom. The number of hydrogen-bond donors (Lipinski definition) is 1. The minimum Gasteiger partial charge on any atom is -0.488 e. The number of anilines is 1. The smallest absolute Gasteiger partial charge is 0.269 e. The highest BCUT2D eigenvalue weighted by atomic mass is 19.1. The molecule has 0 saturated heterocycles. The van der Waals surface area contributed by atoms with Gasteiger partial charge in [-0.2, -0.15) is 5.10 Å². The number of nitrogens with one attached hydrogen (secondary N) is 1. The number of hydrazone groups is 1. The fourth-order valence-electron chi connectivity index (χ4n) is 2.29. The Hall–Kier alpha value is -3.74. The van der Waals surface area contributed by atoms with E-state index in [1.54, 1.807) is 30.5 Å². The third-order valence-corrected chi connectivity index (χ3v) is 3.70. The molecule has 3 aromatic carbocycles. The van der Waals surface area contributed by atoms with Gasteiger partial charge in [0.1, 0.15) is 18.2 Å². The third kappa shape index (κ3) is 5.12. The number of hydrogen-bond acceptors (Lipinski definition) is 5. The number of nitrogens with zero attached hydrogens (tertiary/aromatic N) is 2. The number of para-hydroxylation sites is 1. The highest BCUT2D eigenvalue weighted by Gasteiger charge is 2.04. The van der Waals surface area contributed by atoms with E-state index >= 15 is 0 Å². The van der Waals surface area contributed by atoms with Crippen LogP contribution in [0.4, 0.5) is 15.8 Å². The van der Waals surface area contributed by atoms with Crippen LogP contribution in [-0.2, 0) is 6.61 Å². The van der Waals surface area contributed by atoms with Crippen LogP contribution in [0.25, 0.3) is 0 Å². The van der Waals surface area contributed by atoms with Crippen molar-refractivity contribution in [3.63, 3.8) is 0 Å². The monoisotopic (exact) mass is 365 g/mol. The second kappa shape index (κ2) is 8.57. The molecule has 0 saturated carbocycles. The second-order valence-corrected chi connectivity index (χ2v) is 5.63. The molecule has 27 heavy (non-hydrogen) atoms. The largest absolute Gasteiger partial charge is 0.488 e. The number of nitro benzene ring substituents is 1. The normalized spacial score (nSPS) is 10.7. The van der Waals surface area contributed by atoms with Gasteiger partial charge in [0, 0.05) is 17.7 Å². The molecule has 0 radical (unpaired) electrons. The predicted molar refractivity (Wildman–Crippen MR) is 101 cm³/mol. The van der Waals surface area contributed by atoms with Crippen molar-refractivity contribution in [2.75, 3.05) is 5.43 Å². The molecule has 0 unspecified atom stereocenters. The summed E-state index contributed by atoms with van der Waals surface area (Å²) >= 11 is 0. The SMILES string of the molecule is O=[N+]([O-])c1ccc(N/N=C\c2ccccc2OCc2ccc(F)cc2)cc1. The summed E-state index contributed by atoms with van der Waals surface area (Å²) in [6.07, 6.45) is 1.60. The molecule has 0 aliphatic carbocycles. The van der Waals surface area contributed by atoms with Gasteiger partial charge in [-0.15, -0.1) is 0 Å². The number of ether oxygens (including phenoxy) is 1. The van der Waals surface area contributed by atoms with E-state index < -0.39 is 4.92 Å². The van der Waals surface area contributed by atoms with Crippen LogP contribution in [0.15, 0.2) is 77.9 Å². The van der Waals surface area contributed by atoms with Crippen LogP contribution in [0.2, 0.25) is 0 Å². The van der Waals surface area contributed by atoms with Gasteiger partial charge in [-0.25, -0.2) is 4.39 Å². The molecular formula is C20H16FN3O3. The quantitative estimate of drug-likeness (QED) is 0.372. The van der Waals surface area contributed by atoms with Crippen LogP contribution < -0.4 is 10.2 Å². The first-order valence-corrected chi connectivity index (χ1v) is 8.11. The van der Waals surface area contributed by atoms with Crippen molar-refractivity contribution in [2.24, 2.45) is 5.10 Å². The number of nitro groups is 1. The summed E-state index contributed by atoms with van der Waals surface area (Å²) in [5, 5.41) is 14.8. The molecule has 6 nitrogen and oxygen atoms in total. The van der Waals surface area contributed by atoms with Crippen molar-refractivity contribution < 1.29 is 14.1 Å². The molecule has 7 heteroatoms. The van der Waals surface area contributed by atoms with Crippen molar-refractivity contribution in [1.82, 2.24) is 0 Å². The first-order chi connectivity index (χ1) is 13.1. The topological polar surface area (TPSA) is 76.8 Å². The zero-order chi connectivity index (χ0) is 19.1. The average molecular weight is 365 g/mol. The molecule has 0 atom stereocenters. The maximum atomic E-state index is 13.0. The van der Waals surface area contributed by atoms with E-state index in [1.807, 2.05) is 24.3 Å². The Labute approximate surface area is 155 Å². The zero-order valence-electron chi connectivity index (χ0n) is 14.2. The van der Waals surface area contributed by atoms with E-state index in [1.165, 1.54) is 24.3 Å². The van der Waals surface area contributed by atoms with Crippen molar-refractivity contribution in [2.45, 2.75) is 6.61 Å². The van der Waals surface area contributed by atoms with Gasteiger partial charge in [-0.05, 0) is 42.0 Å². The molecule has 0 bridgehead atoms. The van der Waals surface area contributed by atoms with Crippen molar-refractivity contribution >= 4 is 17.6 Å². The predicted octanol–water partition coefficient (Wildman–Crippen LogP) is 4.76. The van der Waals surface area contributed by atoms with Crippen molar-refractivity contribution in [1.29, 1.82) is 0 Å². The van der Waals surface area contributed by atoms with Gasteiger partial charge in [-0.3, -0.25) is 15.5 Å². The maximum Gasteiger partial charge on any atom is 0.269 e. The number of rotatable bonds is 7. The van der Waals surface area contributed by atoms with E-state index in [4.69, 9.17) is 4.74 Å². The van der Waals surface area contributed by atoms with Gasteiger partial charge < -0.3 is 4.74 Å². The average Bonchev–Trinajstić information content (AvgIpc) is 2.69. The lowest BCUT2D eigenvalue weighted by atomic mass is 10.2. The van der Waals surface area contributed by atoms with Crippen LogP contribution in [-0.4, -0.2) is 11.1 Å². The Kier molecular flexibility index (Phi) is 5.73. The molecule has 1 N–H and O–H groups in total. The Morgan fingerprint density at radius 3 is 2.44 bits per heavy atom. The molecule has 0 amide bonds. The molecule has 136 valence electrons. The van der Waals surface area contributed by atoms with Gasteiger partial charge in [0.15, 0.2) is 0 Å². The van der Waals surface area contributed by atoms with Gasteiger partial charge in [0.25, 0.3) is 5.69 Å². The summed E-state index contributed by atoms with van der Waals surface area (Å²) in [6, 6.07) is 19.4.